The van der Waals surface area contributed by atoms with Crippen LogP contribution in [0.3, 0.4) is 0 Å². The molecule has 1 saturated heterocycles. The largest absolute Gasteiger partial charge is 0.507 e. The number of ketones is 1. The zero-order chi connectivity index (χ0) is 22.8. The minimum Gasteiger partial charge on any atom is -0.507 e. The van der Waals surface area contributed by atoms with Gasteiger partial charge in [0.2, 0.25) is 0 Å². The first-order valence-corrected chi connectivity index (χ1v) is 10.6. The number of methoxy groups -OCH3 is 1. The Bertz CT molecular complexity index is 1010. The Labute approximate surface area is 183 Å². The van der Waals surface area contributed by atoms with E-state index in [1.807, 2.05) is 39.8 Å². The molecule has 1 aromatic carbocycles. The molecule has 6 heteroatoms. The van der Waals surface area contributed by atoms with Crippen molar-refractivity contribution < 1.29 is 19.4 Å². The van der Waals surface area contributed by atoms with Gasteiger partial charge in [0, 0.05) is 30.1 Å². The molecule has 1 amide bonds. The van der Waals surface area contributed by atoms with E-state index in [1.54, 1.807) is 42.6 Å². The summed E-state index contributed by atoms with van der Waals surface area (Å²) >= 11 is 0. The summed E-state index contributed by atoms with van der Waals surface area (Å²) in [6, 6.07) is 8.24. The fourth-order valence-electron chi connectivity index (χ4n) is 3.92. The number of carbonyl (C=O) groups is 2. The van der Waals surface area contributed by atoms with Crippen molar-refractivity contribution in [1.82, 2.24) is 9.88 Å². The fraction of sp³-hybridized carbons (Fsp3) is 0.400. The van der Waals surface area contributed by atoms with E-state index >= 15 is 0 Å². The van der Waals surface area contributed by atoms with Crippen LogP contribution in [-0.2, 0) is 15.0 Å². The number of Topliss-reactive ketones (excluding diaryl/α,β-unsaturated/α-hetero) is 1. The summed E-state index contributed by atoms with van der Waals surface area (Å²) in [6.07, 6.45) is 4.93. The summed E-state index contributed by atoms with van der Waals surface area (Å²) < 4.78 is 5.49. The normalized spacial score (nSPS) is 18.5. The van der Waals surface area contributed by atoms with E-state index in [9.17, 15) is 14.7 Å². The number of benzene rings is 1. The third-order valence-electron chi connectivity index (χ3n) is 5.57. The zero-order valence-electron chi connectivity index (χ0n) is 18.8. The number of nitrogens with zero attached hydrogens (tertiary/aromatic N) is 2. The van der Waals surface area contributed by atoms with Gasteiger partial charge in [0.05, 0.1) is 18.7 Å². The lowest BCUT2D eigenvalue weighted by atomic mass is 9.84. The predicted molar refractivity (Wildman–Crippen MR) is 120 cm³/mol. The highest BCUT2D eigenvalue weighted by atomic mass is 16.5. The maximum Gasteiger partial charge on any atom is 0.295 e. The molecule has 0 bridgehead atoms. The van der Waals surface area contributed by atoms with E-state index in [0.717, 1.165) is 18.4 Å². The van der Waals surface area contributed by atoms with Gasteiger partial charge >= 0.3 is 0 Å². The Hall–Kier alpha value is -3.15. The lowest BCUT2D eigenvalue weighted by Gasteiger charge is -2.25. The Kier molecular flexibility index (Phi) is 6.48. The third-order valence-corrected chi connectivity index (χ3v) is 5.57. The van der Waals surface area contributed by atoms with Gasteiger partial charge in [-0.1, -0.05) is 40.2 Å². The molecule has 0 spiro atoms. The molecular formula is C25H30N2O4. The van der Waals surface area contributed by atoms with Crippen LogP contribution < -0.4 is 4.74 Å². The minimum atomic E-state index is -0.671. The summed E-state index contributed by atoms with van der Waals surface area (Å²) in [7, 11) is 1.60. The number of pyridine rings is 1. The summed E-state index contributed by atoms with van der Waals surface area (Å²) in [6.45, 7) is 8.62. The lowest BCUT2D eigenvalue weighted by molar-refractivity contribution is -0.139. The van der Waals surface area contributed by atoms with Gasteiger partial charge in [-0.2, -0.15) is 0 Å². The van der Waals surface area contributed by atoms with Crippen LogP contribution in [0.5, 0.6) is 5.75 Å². The second-order valence-corrected chi connectivity index (χ2v) is 8.80. The average molecular weight is 423 g/mol. The topological polar surface area (TPSA) is 79.7 Å². The number of hydrogen-bond acceptors (Lipinski definition) is 5. The molecule has 1 N–H and O–H groups in total. The smallest absolute Gasteiger partial charge is 0.295 e. The molecule has 2 aromatic rings. The average Bonchev–Trinajstić information content (AvgIpc) is 3.01. The maximum absolute atomic E-state index is 13.0. The molecular weight excluding hydrogens is 392 g/mol. The van der Waals surface area contributed by atoms with Crippen molar-refractivity contribution in [2.75, 3.05) is 13.7 Å². The quantitative estimate of drug-likeness (QED) is 0.418. The third kappa shape index (κ3) is 4.33. The summed E-state index contributed by atoms with van der Waals surface area (Å²) in [5, 5.41) is 11.3. The molecule has 2 heterocycles. The molecule has 31 heavy (non-hydrogen) atoms. The molecule has 1 atom stereocenters. The maximum atomic E-state index is 13.0. The monoisotopic (exact) mass is 422 g/mol. The highest BCUT2D eigenvalue weighted by molar-refractivity contribution is 6.46. The van der Waals surface area contributed by atoms with E-state index in [0.29, 0.717) is 23.4 Å². The van der Waals surface area contributed by atoms with Crippen LogP contribution in [0.15, 0.2) is 48.3 Å². The number of likely N-dealkylation sites (tertiary alicyclic amines) is 1. The van der Waals surface area contributed by atoms with Gasteiger partial charge < -0.3 is 14.7 Å². The Balaban J connectivity index is 2.19. The number of unbranched alkanes of at least 4 members (excludes halogenated alkanes) is 1. The second kappa shape index (κ2) is 8.92. The molecule has 0 radical (unpaired) electrons. The van der Waals surface area contributed by atoms with E-state index in [1.165, 1.54) is 0 Å². The summed E-state index contributed by atoms with van der Waals surface area (Å²) in [4.78, 5) is 31.6. The van der Waals surface area contributed by atoms with Crippen molar-refractivity contribution in [3.05, 3.63) is 65.0 Å². The van der Waals surface area contributed by atoms with Crippen LogP contribution in [0.25, 0.3) is 5.76 Å². The lowest BCUT2D eigenvalue weighted by Crippen LogP contribution is -2.30. The molecule has 6 nitrogen and oxygen atoms in total. The molecule has 1 aliphatic heterocycles. The van der Waals surface area contributed by atoms with Crippen LogP contribution in [0.4, 0.5) is 0 Å². The van der Waals surface area contributed by atoms with Crippen LogP contribution in [0, 0.1) is 0 Å². The number of aromatic nitrogens is 1. The first-order chi connectivity index (χ1) is 14.7. The van der Waals surface area contributed by atoms with Crippen molar-refractivity contribution in [1.29, 1.82) is 0 Å². The molecule has 0 saturated carbocycles. The van der Waals surface area contributed by atoms with E-state index < -0.39 is 17.7 Å². The molecule has 1 aliphatic rings. The van der Waals surface area contributed by atoms with Gasteiger partial charge in [-0.3, -0.25) is 14.6 Å². The van der Waals surface area contributed by atoms with E-state index in [4.69, 9.17) is 4.74 Å². The van der Waals surface area contributed by atoms with E-state index in [-0.39, 0.29) is 16.7 Å². The summed E-state index contributed by atoms with van der Waals surface area (Å²) in [5.74, 6) is -0.736. The SMILES string of the molecule is CCCCN1C(=O)C(=O)/C(=C(\O)c2ccc(OC)c(C(C)(C)C)c2)C1c1cccnc1. The highest BCUT2D eigenvalue weighted by Gasteiger charge is 2.45. The minimum absolute atomic E-state index is 0.0964. The first kappa shape index (κ1) is 22.5. The standard InChI is InChI=1S/C25H30N2O4/c1-6-7-13-27-21(17-9-8-12-26-15-17)20(23(29)24(27)30)22(28)16-10-11-19(31-5)18(14-16)25(2,3)4/h8-12,14-15,21,28H,6-7,13H2,1-5H3/b22-20-. The number of carbonyl (C=O) groups excluding carboxylic acids is 2. The number of aliphatic hydroxyl groups excluding tert-OH is 1. The fourth-order valence-corrected chi connectivity index (χ4v) is 3.92. The molecule has 3 rings (SSSR count). The molecule has 1 fully saturated rings. The van der Waals surface area contributed by atoms with Crippen molar-refractivity contribution >= 4 is 17.4 Å². The Morgan fingerprint density at radius 1 is 1.23 bits per heavy atom. The van der Waals surface area contributed by atoms with Crippen LogP contribution in [0.2, 0.25) is 0 Å². The van der Waals surface area contributed by atoms with Crippen LogP contribution >= 0.6 is 0 Å². The van der Waals surface area contributed by atoms with Gasteiger partial charge in [-0.25, -0.2) is 0 Å². The number of ether oxygens (including phenoxy) is 1. The van der Waals surface area contributed by atoms with Crippen molar-refractivity contribution in [3.63, 3.8) is 0 Å². The molecule has 1 unspecified atom stereocenters. The second-order valence-electron chi connectivity index (χ2n) is 8.80. The number of amides is 1. The van der Waals surface area contributed by atoms with Crippen molar-refractivity contribution in [2.45, 2.75) is 52.0 Å². The molecule has 0 aliphatic carbocycles. The van der Waals surface area contributed by atoms with Gasteiger partial charge in [0.15, 0.2) is 0 Å². The zero-order valence-corrected chi connectivity index (χ0v) is 18.8. The van der Waals surface area contributed by atoms with Crippen molar-refractivity contribution in [3.8, 4) is 5.75 Å². The Morgan fingerprint density at radius 3 is 2.55 bits per heavy atom. The van der Waals surface area contributed by atoms with Gasteiger partial charge in [-0.05, 0) is 41.7 Å². The predicted octanol–water partition coefficient (Wildman–Crippen LogP) is 4.61. The van der Waals surface area contributed by atoms with Crippen molar-refractivity contribution in [2.24, 2.45) is 0 Å². The molecule has 1 aromatic heterocycles. The highest BCUT2D eigenvalue weighted by Crippen LogP contribution is 2.40. The summed E-state index contributed by atoms with van der Waals surface area (Å²) in [5.41, 5.74) is 1.94. The number of hydrogen-bond donors (Lipinski definition) is 1. The first-order valence-electron chi connectivity index (χ1n) is 10.6. The van der Waals surface area contributed by atoms with Gasteiger partial charge in [0.1, 0.15) is 11.5 Å². The number of rotatable bonds is 6. The Morgan fingerprint density at radius 2 is 1.97 bits per heavy atom. The molecule has 164 valence electrons. The number of aliphatic hydroxyl groups is 1. The van der Waals surface area contributed by atoms with Crippen LogP contribution in [-0.4, -0.2) is 40.3 Å². The van der Waals surface area contributed by atoms with E-state index in [2.05, 4.69) is 4.98 Å². The van der Waals surface area contributed by atoms with Gasteiger partial charge in [-0.15, -0.1) is 0 Å². The van der Waals surface area contributed by atoms with Gasteiger partial charge in [0.25, 0.3) is 11.7 Å². The van der Waals surface area contributed by atoms with Crippen LogP contribution in [0.1, 0.15) is 63.3 Å².